The molecule has 0 saturated carbocycles. The third-order valence-electron chi connectivity index (χ3n) is 9.42. The number of hydrogen-bond acceptors (Lipinski definition) is 20. The van der Waals surface area contributed by atoms with Gasteiger partial charge in [-0.25, -0.2) is 0 Å². The number of aromatic hydroxyl groups is 2. The van der Waals surface area contributed by atoms with Crippen LogP contribution in [0.2, 0.25) is 0 Å². The molecule has 0 radical (unpaired) electrons. The molecule has 16 atom stereocenters. The monoisotopic (exact) mass is 758 g/mol. The molecule has 0 aromatic heterocycles. The normalized spacial score (nSPS) is 41.8. The van der Waals surface area contributed by atoms with Gasteiger partial charge < -0.3 is 99.5 Å². The second kappa shape index (κ2) is 15.6. The highest BCUT2D eigenvalue weighted by Crippen LogP contribution is 2.41. The molecule has 53 heavy (non-hydrogen) atoms. The Kier molecular flexibility index (Phi) is 11.5. The summed E-state index contributed by atoms with van der Waals surface area (Å²) < 4.78 is 40.1. The van der Waals surface area contributed by atoms with Gasteiger partial charge in [-0.15, -0.1) is 0 Å². The van der Waals surface area contributed by atoms with Crippen molar-refractivity contribution in [2.75, 3.05) is 13.2 Å². The molecule has 3 fully saturated rings. The molecule has 20 nitrogen and oxygen atoms in total. The Hall–Kier alpha value is -3.58. The summed E-state index contributed by atoms with van der Waals surface area (Å²) in [6.07, 6.45) is -21.9. The molecule has 13 N–H and O–H groups in total. The molecule has 20 heteroatoms. The Morgan fingerprint density at radius 2 is 1.25 bits per heavy atom. The molecule has 0 bridgehead atoms. The summed E-state index contributed by atoms with van der Waals surface area (Å²) in [6.45, 7) is 0.0840. The van der Waals surface area contributed by atoms with E-state index >= 15 is 0 Å². The molecule has 4 heterocycles. The van der Waals surface area contributed by atoms with Gasteiger partial charge in [0.2, 0.25) is 12.6 Å². The van der Waals surface area contributed by atoms with Gasteiger partial charge in [-0.1, -0.05) is 0 Å². The molecule has 1 aromatic rings. The van der Waals surface area contributed by atoms with Crippen LogP contribution in [0.1, 0.15) is 12.5 Å². The van der Waals surface area contributed by atoms with Crippen LogP contribution in [0.4, 0.5) is 0 Å². The maximum Gasteiger partial charge on any atom is 0.229 e. The molecule has 1 aromatic carbocycles. The number of aliphatic hydroxyl groups is 11. The van der Waals surface area contributed by atoms with Crippen molar-refractivity contribution in [2.24, 2.45) is 0 Å². The van der Waals surface area contributed by atoms with Crippen LogP contribution in [0.5, 0.6) is 11.5 Å². The summed E-state index contributed by atoms with van der Waals surface area (Å²) in [6, 6.07) is 3.57. The number of aliphatic hydroxyl groups excluding tert-OH is 11. The van der Waals surface area contributed by atoms with Gasteiger partial charge >= 0.3 is 0 Å². The van der Waals surface area contributed by atoms with Crippen LogP contribution >= 0.6 is 0 Å². The zero-order valence-electron chi connectivity index (χ0n) is 27.8. The highest BCUT2D eigenvalue weighted by molar-refractivity contribution is 5.70. The number of ether oxygens (including phenoxy) is 7. The highest BCUT2D eigenvalue weighted by Gasteiger charge is 2.49. The number of phenols is 2. The molecule has 5 aliphatic rings. The lowest BCUT2D eigenvalue weighted by molar-refractivity contribution is -0.323. The molecule has 1 aliphatic carbocycles. The van der Waals surface area contributed by atoms with Gasteiger partial charge in [0.1, 0.15) is 84.8 Å². The van der Waals surface area contributed by atoms with Crippen LogP contribution in [0.3, 0.4) is 0 Å². The summed E-state index contributed by atoms with van der Waals surface area (Å²) in [5.41, 5.74) is 0.166. The lowest BCUT2D eigenvalue weighted by Gasteiger charge is -2.43. The van der Waals surface area contributed by atoms with E-state index in [0.29, 0.717) is 0 Å². The Bertz CT molecular complexity index is 1610. The minimum Gasteiger partial charge on any atom is -0.508 e. The van der Waals surface area contributed by atoms with E-state index in [-0.39, 0.29) is 28.4 Å². The van der Waals surface area contributed by atoms with E-state index in [9.17, 15) is 66.4 Å². The van der Waals surface area contributed by atoms with E-state index in [1.54, 1.807) is 0 Å². The van der Waals surface area contributed by atoms with E-state index in [0.717, 1.165) is 18.2 Å². The van der Waals surface area contributed by atoms with Crippen LogP contribution in [0.25, 0.3) is 5.76 Å². The predicted octanol–water partition coefficient (Wildman–Crippen LogP) is -4.08. The van der Waals surface area contributed by atoms with Gasteiger partial charge in [-0.3, -0.25) is 0 Å². The average Bonchev–Trinajstić information content (AvgIpc) is 3.13. The second-order valence-corrected chi connectivity index (χ2v) is 13.1. The predicted molar refractivity (Wildman–Crippen MR) is 169 cm³/mol. The zero-order valence-corrected chi connectivity index (χ0v) is 27.8. The first kappa shape index (κ1) is 39.1. The van der Waals surface area contributed by atoms with E-state index in [1.807, 2.05) is 0 Å². The molecule has 6 rings (SSSR count). The smallest absolute Gasteiger partial charge is 0.229 e. The quantitative estimate of drug-likeness (QED) is 0.106. The SMILES string of the molecule is CC1OC(OCC2OC(OC3=C(c4ccc(O)c(O)c4)OC4C=C(O)C=C(OC5OC(CO)C(O)C(O)C5O)C4=C3)C(O)C(O)C2O)C(O)C(O)C1O. The van der Waals surface area contributed by atoms with Gasteiger partial charge in [0.15, 0.2) is 29.3 Å². The molecular formula is C33H42O20. The minimum absolute atomic E-state index is 0.0746. The molecule has 4 aliphatic heterocycles. The molecule has 16 unspecified atom stereocenters. The van der Waals surface area contributed by atoms with Crippen molar-refractivity contribution in [2.45, 2.75) is 105 Å². The van der Waals surface area contributed by atoms with Crippen molar-refractivity contribution >= 4 is 5.76 Å². The fraction of sp³-hybridized carbons (Fsp3) is 0.576. The third-order valence-corrected chi connectivity index (χ3v) is 9.42. The van der Waals surface area contributed by atoms with Crippen molar-refractivity contribution in [1.82, 2.24) is 0 Å². The van der Waals surface area contributed by atoms with Gasteiger partial charge in [0.05, 0.1) is 19.3 Å². The van der Waals surface area contributed by atoms with E-state index < -0.39 is 129 Å². The van der Waals surface area contributed by atoms with Crippen LogP contribution in [0.15, 0.2) is 59.3 Å². The second-order valence-electron chi connectivity index (χ2n) is 13.1. The van der Waals surface area contributed by atoms with Gasteiger partial charge in [0, 0.05) is 23.3 Å². The van der Waals surface area contributed by atoms with Crippen LogP contribution in [-0.2, 0) is 33.2 Å². The summed E-state index contributed by atoms with van der Waals surface area (Å²) >= 11 is 0. The Balaban J connectivity index is 1.30. The van der Waals surface area contributed by atoms with Crippen molar-refractivity contribution in [1.29, 1.82) is 0 Å². The lowest BCUT2D eigenvalue weighted by Crippen LogP contribution is -2.61. The molecule has 0 spiro atoms. The number of benzene rings is 1. The van der Waals surface area contributed by atoms with Gasteiger partial charge in [0.25, 0.3) is 0 Å². The Labute approximate surface area is 300 Å². The van der Waals surface area contributed by atoms with Crippen molar-refractivity contribution < 1.29 is 99.5 Å². The summed E-state index contributed by atoms with van der Waals surface area (Å²) in [5.74, 6) is -2.09. The maximum absolute atomic E-state index is 10.9. The average molecular weight is 759 g/mol. The van der Waals surface area contributed by atoms with Crippen molar-refractivity contribution in [3.63, 3.8) is 0 Å². The largest absolute Gasteiger partial charge is 0.508 e. The van der Waals surface area contributed by atoms with Gasteiger partial charge in [-0.2, -0.15) is 0 Å². The number of allylic oxidation sites excluding steroid dienone is 2. The maximum atomic E-state index is 10.9. The number of phenolic OH excluding ortho intramolecular Hbond substituents is 2. The van der Waals surface area contributed by atoms with Crippen LogP contribution < -0.4 is 0 Å². The van der Waals surface area contributed by atoms with E-state index in [4.69, 9.17) is 33.2 Å². The fourth-order valence-electron chi connectivity index (χ4n) is 6.27. The first-order valence-corrected chi connectivity index (χ1v) is 16.5. The van der Waals surface area contributed by atoms with Crippen molar-refractivity contribution in [3.8, 4) is 11.5 Å². The lowest BCUT2D eigenvalue weighted by atomic mass is 9.96. The summed E-state index contributed by atoms with van der Waals surface area (Å²) in [7, 11) is 0. The summed E-state index contributed by atoms with van der Waals surface area (Å²) in [4.78, 5) is 0. The molecule has 0 amide bonds. The van der Waals surface area contributed by atoms with E-state index in [2.05, 4.69) is 0 Å². The zero-order chi connectivity index (χ0) is 38.5. The molecule has 3 saturated heterocycles. The van der Waals surface area contributed by atoms with Gasteiger partial charge in [-0.05, 0) is 31.2 Å². The minimum atomic E-state index is -1.93. The topological polar surface area (TPSA) is 328 Å². The standard InChI is InChI=1S/C33H42O20/c1-10-21(38)24(41)27(44)31(48-10)47-9-20-23(40)26(43)29(46)33(53-20)51-18-7-13-16(49-30(18)11-2-3-14(36)15(37)4-11)5-12(35)6-17(13)50-32-28(45)25(42)22(39)19(8-34)52-32/h2-7,10,16,19-29,31-46H,8-9H2,1H3. The van der Waals surface area contributed by atoms with E-state index in [1.165, 1.54) is 25.1 Å². The summed E-state index contributed by atoms with van der Waals surface area (Å²) in [5, 5.41) is 134. The van der Waals surface area contributed by atoms with Crippen molar-refractivity contribution in [3.05, 3.63) is 64.8 Å². The van der Waals surface area contributed by atoms with Crippen LogP contribution in [-0.4, -0.2) is 178 Å². The number of rotatable bonds is 9. The first-order chi connectivity index (χ1) is 25.1. The fourth-order valence-corrected chi connectivity index (χ4v) is 6.27. The number of hydrogen-bond donors (Lipinski definition) is 13. The highest BCUT2D eigenvalue weighted by atomic mass is 16.7. The first-order valence-electron chi connectivity index (χ1n) is 16.5. The van der Waals surface area contributed by atoms with Crippen LogP contribution in [0, 0.1) is 0 Å². The third kappa shape index (κ3) is 7.70. The molecule has 294 valence electrons. The Morgan fingerprint density at radius 1 is 0.642 bits per heavy atom. The number of fused-ring (bicyclic) bond motifs is 1. The molecular weight excluding hydrogens is 716 g/mol. The Morgan fingerprint density at radius 3 is 1.91 bits per heavy atom.